The lowest BCUT2D eigenvalue weighted by molar-refractivity contribution is -0.154. The number of nitrogens with one attached hydrogen (secondary N) is 2. The molecule has 0 aliphatic carbocycles. The van der Waals surface area contributed by atoms with Crippen LogP contribution in [0.5, 0.6) is 5.88 Å². The van der Waals surface area contributed by atoms with Gasteiger partial charge in [-0.2, -0.15) is 13.2 Å². The summed E-state index contributed by atoms with van der Waals surface area (Å²) in [5.74, 6) is 0.631. The molecule has 130 valence electrons. The molecule has 5 nitrogen and oxygen atoms in total. The number of nitrogens with zero attached hydrogens (tertiary/aromatic N) is 2. The van der Waals surface area contributed by atoms with Crippen LogP contribution in [0, 0.1) is 0 Å². The second-order valence-corrected chi connectivity index (χ2v) is 4.97. The number of pyridine rings is 1. The van der Waals surface area contributed by atoms with Crippen LogP contribution in [0.3, 0.4) is 0 Å². The molecule has 23 heavy (non-hydrogen) atoms. The van der Waals surface area contributed by atoms with Crippen molar-refractivity contribution in [3.05, 3.63) is 23.9 Å². The molecular weight excluding hydrogens is 309 g/mol. The zero-order valence-corrected chi connectivity index (χ0v) is 13.4. The van der Waals surface area contributed by atoms with E-state index < -0.39 is 12.8 Å². The van der Waals surface area contributed by atoms with E-state index >= 15 is 0 Å². The summed E-state index contributed by atoms with van der Waals surface area (Å²) in [4.78, 5) is 7.95. The van der Waals surface area contributed by atoms with E-state index in [2.05, 4.69) is 32.3 Å². The Morgan fingerprint density at radius 3 is 2.61 bits per heavy atom. The van der Waals surface area contributed by atoms with E-state index in [1.165, 1.54) is 12.3 Å². The fourth-order valence-electron chi connectivity index (χ4n) is 1.74. The minimum absolute atomic E-state index is 0.0480. The smallest absolute Gasteiger partial charge is 0.422 e. The summed E-state index contributed by atoms with van der Waals surface area (Å²) in [6.07, 6.45) is 0.500. The molecule has 1 aromatic heterocycles. The summed E-state index contributed by atoms with van der Waals surface area (Å²) in [7, 11) is 1.68. The van der Waals surface area contributed by atoms with Crippen molar-refractivity contribution in [2.45, 2.75) is 38.9 Å². The fraction of sp³-hybridized carbons (Fsp3) is 0.600. The van der Waals surface area contributed by atoms with Gasteiger partial charge in [-0.1, -0.05) is 25.8 Å². The highest BCUT2D eigenvalue weighted by atomic mass is 19.4. The predicted molar refractivity (Wildman–Crippen MR) is 83.5 cm³/mol. The number of hydrogen-bond acceptors (Lipinski definition) is 3. The van der Waals surface area contributed by atoms with Gasteiger partial charge in [0.25, 0.3) is 0 Å². The first-order chi connectivity index (χ1) is 10.9. The summed E-state index contributed by atoms with van der Waals surface area (Å²) in [6, 6.07) is 3.08. The van der Waals surface area contributed by atoms with Gasteiger partial charge in [0.05, 0.1) is 0 Å². The molecule has 0 fully saturated rings. The molecule has 1 heterocycles. The Balaban J connectivity index is 2.36. The molecule has 0 aliphatic heterocycles. The Hall–Kier alpha value is -1.99. The summed E-state index contributed by atoms with van der Waals surface area (Å²) < 4.78 is 40.7. The van der Waals surface area contributed by atoms with E-state index in [0.29, 0.717) is 12.5 Å². The molecule has 0 aromatic carbocycles. The zero-order chi connectivity index (χ0) is 17.1. The second-order valence-electron chi connectivity index (χ2n) is 4.97. The average molecular weight is 332 g/mol. The highest BCUT2D eigenvalue weighted by molar-refractivity contribution is 5.79. The van der Waals surface area contributed by atoms with Gasteiger partial charge in [-0.3, -0.25) is 4.99 Å². The molecule has 2 N–H and O–H groups in total. The van der Waals surface area contributed by atoms with E-state index in [4.69, 9.17) is 0 Å². The highest BCUT2D eigenvalue weighted by Gasteiger charge is 2.28. The van der Waals surface area contributed by atoms with Crippen LogP contribution in [0.1, 0.15) is 31.7 Å². The van der Waals surface area contributed by atoms with Gasteiger partial charge in [-0.15, -0.1) is 0 Å². The largest absolute Gasteiger partial charge is 0.468 e. The van der Waals surface area contributed by atoms with E-state index in [0.717, 1.165) is 31.4 Å². The molecule has 0 saturated heterocycles. The van der Waals surface area contributed by atoms with Crippen molar-refractivity contribution < 1.29 is 17.9 Å². The number of guanidine groups is 1. The first-order valence-electron chi connectivity index (χ1n) is 7.53. The molecule has 0 atom stereocenters. The summed E-state index contributed by atoms with van der Waals surface area (Å²) in [5.41, 5.74) is 0.820. The summed E-state index contributed by atoms with van der Waals surface area (Å²) >= 11 is 0. The van der Waals surface area contributed by atoms with Crippen LogP contribution in [-0.4, -0.2) is 37.3 Å². The number of ether oxygens (including phenoxy) is 1. The van der Waals surface area contributed by atoms with Crippen LogP contribution in [0.4, 0.5) is 13.2 Å². The van der Waals surface area contributed by atoms with Gasteiger partial charge in [-0.25, -0.2) is 4.98 Å². The van der Waals surface area contributed by atoms with E-state index in [1.54, 1.807) is 13.1 Å². The van der Waals surface area contributed by atoms with E-state index in [1.807, 2.05) is 0 Å². The van der Waals surface area contributed by atoms with Gasteiger partial charge in [-0.05, 0) is 12.0 Å². The molecule has 0 radical (unpaired) electrons. The van der Waals surface area contributed by atoms with Crippen molar-refractivity contribution in [2.24, 2.45) is 4.99 Å². The molecule has 0 aliphatic rings. The predicted octanol–water partition coefficient (Wildman–Crippen LogP) is 2.88. The average Bonchev–Trinajstić information content (AvgIpc) is 2.52. The lowest BCUT2D eigenvalue weighted by Crippen LogP contribution is -2.37. The van der Waals surface area contributed by atoms with Crippen LogP contribution >= 0.6 is 0 Å². The molecular formula is C15H23F3N4O. The number of hydrogen-bond donors (Lipinski definition) is 2. The third-order valence-electron chi connectivity index (χ3n) is 2.94. The number of aromatic nitrogens is 1. The van der Waals surface area contributed by atoms with Gasteiger partial charge in [0.15, 0.2) is 12.6 Å². The fourth-order valence-corrected chi connectivity index (χ4v) is 1.74. The summed E-state index contributed by atoms with van der Waals surface area (Å²) in [5, 5.41) is 6.31. The van der Waals surface area contributed by atoms with Crippen molar-refractivity contribution in [3.8, 4) is 5.88 Å². The quantitative estimate of drug-likeness (QED) is 0.437. The third kappa shape index (κ3) is 8.90. The normalized spacial score (nSPS) is 12.1. The van der Waals surface area contributed by atoms with Gasteiger partial charge in [0.2, 0.25) is 5.88 Å². The summed E-state index contributed by atoms with van der Waals surface area (Å²) in [6.45, 7) is 2.12. The van der Waals surface area contributed by atoms with Crippen LogP contribution < -0.4 is 15.4 Å². The number of rotatable bonds is 8. The van der Waals surface area contributed by atoms with Gasteiger partial charge in [0.1, 0.15) is 0 Å². The maximum Gasteiger partial charge on any atom is 0.422 e. The van der Waals surface area contributed by atoms with Crippen molar-refractivity contribution in [1.29, 1.82) is 0 Å². The van der Waals surface area contributed by atoms with E-state index in [9.17, 15) is 13.2 Å². The third-order valence-corrected chi connectivity index (χ3v) is 2.94. The lowest BCUT2D eigenvalue weighted by Gasteiger charge is -2.12. The monoisotopic (exact) mass is 332 g/mol. The minimum Gasteiger partial charge on any atom is -0.468 e. The molecule has 0 unspecified atom stereocenters. The van der Waals surface area contributed by atoms with Crippen LogP contribution in [0.15, 0.2) is 23.3 Å². The molecule has 0 amide bonds. The SMILES string of the molecule is CCCCCNC(=NC)NCc1ccc(OCC(F)(F)F)nc1. The van der Waals surface area contributed by atoms with Crippen LogP contribution in [-0.2, 0) is 6.54 Å². The Morgan fingerprint density at radius 2 is 2.04 bits per heavy atom. The standard InChI is InChI=1S/C15H23F3N4O/c1-3-4-5-8-20-14(19-2)22-10-12-6-7-13(21-9-12)23-11-15(16,17)18/h6-7,9H,3-5,8,10-11H2,1-2H3,(H2,19,20,22). The number of halogens is 3. The maximum absolute atomic E-state index is 12.0. The first kappa shape index (κ1) is 19.1. The Bertz CT molecular complexity index is 475. The van der Waals surface area contributed by atoms with Crippen LogP contribution in [0.25, 0.3) is 0 Å². The second kappa shape index (κ2) is 9.91. The van der Waals surface area contributed by atoms with Crippen LogP contribution in [0.2, 0.25) is 0 Å². The Labute approximate surface area is 134 Å². The highest BCUT2D eigenvalue weighted by Crippen LogP contribution is 2.16. The van der Waals surface area contributed by atoms with Crippen molar-refractivity contribution in [3.63, 3.8) is 0 Å². The number of alkyl halides is 3. The zero-order valence-electron chi connectivity index (χ0n) is 13.4. The topological polar surface area (TPSA) is 58.5 Å². The minimum atomic E-state index is -4.36. The van der Waals surface area contributed by atoms with Gasteiger partial charge in [0, 0.05) is 32.4 Å². The number of aliphatic imine (C=N–C) groups is 1. The van der Waals surface area contributed by atoms with Crippen molar-refractivity contribution in [2.75, 3.05) is 20.2 Å². The molecule has 0 saturated carbocycles. The lowest BCUT2D eigenvalue weighted by atomic mass is 10.2. The van der Waals surface area contributed by atoms with Gasteiger partial charge < -0.3 is 15.4 Å². The molecule has 0 spiro atoms. The molecule has 0 bridgehead atoms. The molecule has 1 rings (SSSR count). The number of unbranched alkanes of at least 4 members (excludes halogenated alkanes) is 2. The van der Waals surface area contributed by atoms with Crippen molar-refractivity contribution in [1.82, 2.24) is 15.6 Å². The Kier molecular flexibility index (Phi) is 8.21. The first-order valence-corrected chi connectivity index (χ1v) is 7.53. The Morgan fingerprint density at radius 1 is 1.26 bits per heavy atom. The molecule has 8 heteroatoms. The maximum atomic E-state index is 12.0. The van der Waals surface area contributed by atoms with E-state index in [-0.39, 0.29) is 5.88 Å². The van der Waals surface area contributed by atoms with Crippen molar-refractivity contribution >= 4 is 5.96 Å². The van der Waals surface area contributed by atoms with Gasteiger partial charge >= 0.3 is 6.18 Å². The molecule has 1 aromatic rings.